The normalized spacial score (nSPS) is 16.5. The van der Waals surface area contributed by atoms with Gasteiger partial charge in [-0.05, 0) is 62.4 Å². The van der Waals surface area contributed by atoms with Crippen LogP contribution in [0.5, 0.6) is 0 Å². The van der Waals surface area contributed by atoms with Crippen LogP contribution in [0, 0.1) is 37.1 Å². The van der Waals surface area contributed by atoms with Crippen molar-refractivity contribution in [1.82, 2.24) is 19.8 Å². The van der Waals surface area contributed by atoms with Crippen LogP contribution in [0.4, 0.5) is 76.5 Å². The highest BCUT2D eigenvalue weighted by Crippen LogP contribution is 2.37. The summed E-state index contributed by atoms with van der Waals surface area (Å²) < 4.78 is 163. The molecular weight excluding hydrogens is 1030 g/mol. The van der Waals surface area contributed by atoms with E-state index < -0.39 is 152 Å². The number of amides is 6. The van der Waals surface area contributed by atoms with Crippen molar-refractivity contribution in [3.63, 3.8) is 0 Å². The van der Waals surface area contributed by atoms with Crippen molar-refractivity contribution in [2.75, 3.05) is 73.1 Å². The van der Waals surface area contributed by atoms with E-state index in [0.29, 0.717) is 17.0 Å². The Morgan fingerprint density at radius 3 is 1.44 bits per heavy atom. The van der Waals surface area contributed by atoms with E-state index >= 15 is 0 Å². The number of nitrogens with zero attached hydrogens (tertiary/aromatic N) is 8. The number of halogens is 12. The minimum absolute atomic E-state index is 0.0517. The number of aliphatic hydroxyl groups is 1. The Morgan fingerprint density at radius 1 is 0.729 bits per heavy atom. The molecule has 2 aromatic carbocycles. The number of carbonyl (C=O) groups is 4. The van der Waals surface area contributed by atoms with E-state index in [2.05, 4.69) is 14.2 Å². The third-order valence-corrected chi connectivity index (χ3v) is 11.5. The largest absolute Gasteiger partial charge is 0.416 e. The number of alkyl halides is 6. The van der Waals surface area contributed by atoms with Crippen molar-refractivity contribution in [3.05, 3.63) is 104 Å². The molecule has 2 saturated heterocycles. The first-order valence-electron chi connectivity index (χ1n) is 19.8. The Balaban J connectivity index is 0.000000262. The zero-order chi connectivity index (χ0) is 52.5. The molecule has 0 spiro atoms. The summed E-state index contributed by atoms with van der Waals surface area (Å²) in [5.74, 6) is -7.47. The van der Waals surface area contributed by atoms with Crippen molar-refractivity contribution in [2.24, 2.45) is 5.14 Å². The van der Waals surface area contributed by atoms with Gasteiger partial charge in [-0.15, -0.1) is 0 Å². The zero-order valence-corrected chi connectivity index (χ0v) is 38.7. The lowest BCUT2D eigenvalue weighted by molar-refractivity contribution is -0.138. The summed E-state index contributed by atoms with van der Waals surface area (Å²) in [7, 11) is -2.12. The highest BCUT2D eigenvalue weighted by atomic mass is 35.5. The smallest absolute Gasteiger partial charge is 0.395 e. The summed E-state index contributed by atoms with van der Waals surface area (Å²) >= 11 is 11.2. The van der Waals surface area contributed by atoms with Gasteiger partial charge in [0.1, 0.15) is 45.4 Å². The number of hydrogen-bond acceptors (Lipinski definition) is 10. The van der Waals surface area contributed by atoms with Gasteiger partial charge in [-0.2, -0.15) is 34.8 Å². The first-order chi connectivity index (χ1) is 32.4. The van der Waals surface area contributed by atoms with Crippen molar-refractivity contribution in [3.8, 4) is 0 Å². The van der Waals surface area contributed by atoms with E-state index in [1.54, 1.807) is 0 Å². The maximum Gasteiger partial charge on any atom is 0.416 e. The molecule has 2 atom stereocenters. The van der Waals surface area contributed by atoms with Crippen LogP contribution in [0.1, 0.15) is 22.5 Å². The summed E-state index contributed by atoms with van der Waals surface area (Å²) in [5, 5.41) is 12.2. The van der Waals surface area contributed by atoms with E-state index in [1.807, 2.05) is 0 Å². The summed E-state index contributed by atoms with van der Waals surface area (Å²) in [5.41, 5.74) is -3.25. The van der Waals surface area contributed by atoms with Crippen LogP contribution >= 0.6 is 23.2 Å². The molecule has 4 aromatic rings. The second-order valence-electron chi connectivity index (χ2n) is 15.2. The molecule has 2 aliphatic rings. The van der Waals surface area contributed by atoms with Crippen LogP contribution < -0.4 is 24.7 Å². The Labute approximate surface area is 400 Å². The van der Waals surface area contributed by atoms with Gasteiger partial charge in [-0.1, -0.05) is 23.2 Å². The topological polar surface area (TPSA) is 203 Å². The fourth-order valence-corrected chi connectivity index (χ4v) is 7.70. The third kappa shape index (κ3) is 12.1. The maximum atomic E-state index is 14.6. The number of benzene rings is 2. The molecule has 0 unspecified atom stereocenters. The van der Waals surface area contributed by atoms with Crippen LogP contribution in [0.2, 0.25) is 10.0 Å². The standard InChI is InChI=1S/C20H19ClF5N5O5S.C20H18ClF5N4O3/c1-10-7-11(20(24,25)26)8-15(28-10)31-14(9-30(19(31)33)5-6-36-37(27,34)35)18(32)29(2)13-4-3-12(22)16(21)17(13)23;1-10-7-11(20(24,25)26)8-15(27-10)30-14(9-29(5-6-31)19(30)33)18(32)28(2)13-4-3-12(22)16(21)17(13)23/h3-4,7-8,14H,5-6,9H2,1-2H3,(H2,27,34,35);3-4,7-8,14,31H,5-6,9H2,1-2H3/t2*14-/m00/s1. The highest BCUT2D eigenvalue weighted by molar-refractivity contribution is 7.84. The lowest BCUT2D eigenvalue weighted by Crippen LogP contribution is -2.47. The number of likely N-dealkylation sites (N-methyl/N-ethyl adjacent to an activating group) is 2. The van der Waals surface area contributed by atoms with Crippen LogP contribution in [0.3, 0.4) is 0 Å². The predicted molar refractivity (Wildman–Crippen MR) is 230 cm³/mol. The van der Waals surface area contributed by atoms with E-state index in [9.17, 15) is 76.6 Å². The van der Waals surface area contributed by atoms with Crippen LogP contribution in [-0.4, -0.2) is 123 Å². The summed E-state index contributed by atoms with van der Waals surface area (Å²) in [6.07, 6.45) is -9.54. The molecule has 4 heterocycles. The van der Waals surface area contributed by atoms with Crippen molar-refractivity contribution < 1.29 is 80.8 Å². The first kappa shape index (κ1) is 54.9. The molecule has 0 saturated carbocycles. The molecule has 6 rings (SSSR count). The van der Waals surface area contributed by atoms with Crippen LogP contribution in [0.15, 0.2) is 48.5 Å². The van der Waals surface area contributed by atoms with Gasteiger partial charge in [0, 0.05) is 38.6 Å². The number of anilines is 4. The Morgan fingerprint density at radius 2 is 1.10 bits per heavy atom. The van der Waals surface area contributed by atoms with Gasteiger partial charge < -0.3 is 24.7 Å². The van der Waals surface area contributed by atoms with Crippen molar-refractivity contribution in [2.45, 2.75) is 38.3 Å². The quantitative estimate of drug-likeness (QED) is 0.117. The molecule has 0 aliphatic carbocycles. The molecule has 2 aromatic heterocycles. The molecule has 0 bridgehead atoms. The number of rotatable bonds is 12. The third-order valence-electron chi connectivity index (χ3n) is 10.4. The SMILES string of the molecule is Cc1cc(C(F)(F)F)cc(N2C(=O)N(CCO)C[C@H]2C(=O)N(C)c2ccc(F)c(Cl)c2F)n1.Cc1cc(C(F)(F)F)cc(N2C(=O)N(CCOS(N)(=O)=O)C[C@H]2C(=O)N(C)c2ccc(F)c(Cl)c2F)n1. The molecule has 2 aliphatic heterocycles. The van der Waals surface area contributed by atoms with Gasteiger partial charge in [0.15, 0.2) is 11.6 Å². The average molecular weight is 1060 g/mol. The monoisotopic (exact) mass is 1060 g/mol. The van der Waals surface area contributed by atoms with Crippen LogP contribution in [-0.2, 0) is 36.4 Å². The lowest BCUT2D eigenvalue weighted by atomic mass is 10.1. The number of urea groups is 2. The number of pyridine rings is 2. The molecule has 2 fully saturated rings. The van der Waals surface area contributed by atoms with Crippen LogP contribution in [0.25, 0.3) is 0 Å². The Kier molecular flexibility index (Phi) is 16.5. The second-order valence-corrected chi connectivity index (χ2v) is 17.1. The van der Waals surface area contributed by atoms with Gasteiger partial charge in [-0.25, -0.2) is 42.3 Å². The highest BCUT2D eigenvalue weighted by Gasteiger charge is 2.47. The molecule has 6 amide bonds. The number of carbonyl (C=O) groups excluding carboxylic acids is 4. The summed E-state index contributed by atoms with van der Waals surface area (Å²) in [4.78, 5) is 65.5. The van der Waals surface area contributed by atoms with Gasteiger partial charge in [0.05, 0.1) is 48.8 Å². The minimum Gasteiger partial charge on any atom is -0.395 e. The Bertz CT molecular complexity index is 2810. The van der Waals surface area contributed by atoms with Crippen molar-refractivity contribution >= 4 is 80.4 Å². The van der Waals surface area contributed by atoms with Gasteiger partial charge in [0.25, 0.3) is 11.8 Å². The van der Waals surface area contributed by atoms with Crippen molar-refractivity contribution in [1.29, 1.82) is 0 Å². The molecule has 3 N–H and O–H groups in total. The van der Waals surface area contributed by atoms with E-state index in [0.717, 1.165) is 75.0 Å². The molecule has 17 nitrogen and oxygen atoms in total. The number of aryl methyl sites for hydroxylation is 2. The second kappa shape index (κ2) is 21.1. The predicted octanol–water partition coefficient (Wildman–Crippen LogP) is 6.44. The average Bonchev–Trinajstić information content (AvgIpc) is 3.77. The molecule has 30 heteroatoms. The lowest BCUT2D eigenvalue weighted by Gasteiger charge is -2.27. The summed E-state index contributed by atoms with van der Waals surface area (Å²) in [6.45, 7) is 0.0600. The van der Waals surface area contributed by atoms with E-state index in [1.165, 1.54) is 13.8 Å². The summed E-state index contributed by atoms with van der Waals surface area (Å²) in [6, 6.07) is 1.41. The minimum atomic E-state index is -4.81. The van der Waals surface area contributed by atoms with E-state index in [4.69, 9.17) is 28.3 Å². The number of aliphatic hydroxyl groups excluding tert-OH is 1. The first-order valence-corrected chi connectivity index (χ1v) is 22.0. The number of aromatic nitrogens is 2. The fourth-order valence-electron chi connectivity index (χ4n) is 7.07. The zero-order valence-electron chi connectivity index (χ0n) is 36.4. The maximum absolute atomic E-state index is 14.6. The number of β-amino-alcohol motifs (C(OH)–C–C–N with tert-alkyl or cyclic N) is 1. The van der Waals surface area contributed by atoms with E-state index in [-0.39, 0.29) is 24.5 Å². The molecule has 0 radical (unpaired) electrons. The molecule has 380 valence electrons. The Hall–Kier alpha value is -6.07. The van der Waals surface area contributed by atoms with Gasteiger partial charge >= 0.3 is 34.7 Å². The molecular formula is C40H37Cl2F10N9O8S. The number of hydrogen-bond donors (Lipinski definition) is 2. The number of nitrogens with two attached hydrogens (primary N) is 1. The fraction of sp³-hybridized carbons (Fsp3) is 0.350. The van der Waals surface area contributed by atoms with Gasteiger partial charge in [-0.3, -0.25) is 23.6 Å². The molecule has 70 heavy (non-hydrogen) atoms. The van der Waals surface area contributed by atoms with Gasteiger partial charge in [0.2, 0.25) is 0 Å².